The molecule has 0 unspecified atom stereocenters. The van der Waals surface area contributed by atoms with Crippen LogP contribution in [0.4, 0.5) is 10.5 Å². The molecule has 2 aromatic rings. The summed E-state index contributed by atoms with van der Waals surface area (Å²) in [5, 5.41) is 11.6. The Bertz CT molecular complexity index is 766. The van der Waals surface area contributed by atoms with Gasteiger partial charge in [0.2, 0.25) is 0 Å². The Balaban J connectivity index is 2.41. The van der Waals surface area contributed by atoms with Gasteiger partial charge in [0.25, 0.3) is 0 Å². The van der Waals surface area contributed by atoms with Crippen LogP contribution in [0.25, 0.3) is 11.0 Å². The Labute approximate surface area is 119 Å². The number of aromatic carboxylic acids is 1. The summed E-state index contributed by atoms with van der Waals surface area (Å²) in [6.45, 7) is 5.08. The molecular weight excluding hydrogens is 278 g/mol. The molecule has 1 aromatic carbocycles. The van der Waals surface area contributed by atoms with Crippen LogP contribution < -0.4 is 11.0 Å². The molecule has 2 rings (SSSR count). The molecule has 0 spiro atoms. The van der Waals surface area contributed by atoms with Crippen LogP contribution in [-0.4, -0.2) is 32.7 Å². The summed E-state index contributed by atoms with van der Waals surface area (Å²) in [6.07, 6.45) is -0.776. The first-order valence-electron chi connectivity index (χ1n) is 6.15. The Hall–Kier alpha value is -2.77. The maximum atomic E-state index is 11.7. The summed E-state index contributed by atoms with van der Waals surface area (Å²) >= 11 is 0. The first kappa shape index (κ1) is 14.6. The Kier molecular flexibility index (Phi) is 3.46. The van der Waals surface area contributed by atoms with Crippen LogP contribution in [0, 0.1) is 0 Å². The van der Waals surface area contributed by atoms with E-state index in [-0.39, 0.29) is 11.3 Å². The minimum absolute atomic E-state index is 0.0412. The Morgan fingerprint density at radius 1 is 1.19 bits per heavy atom. The van der Waals surface area contributed by atoms with Gasteiger partial charge in [0, 0.05) is 0 Å². The van der Waals surface area contributed by atoms with Gasteiger partial charge in [-0.3, -0.25) is 5.32 Å². The molecule has 1 heterocycles. The van der Waals surface area contributed by atoms with Gasteiger partial charge < -0.3 is 19.8 Å². The highest BCUT2D eigenvalue weighted by atomic mass is 16.6. The molecule has 8 nitrogen and oxygen atoms in total. The van der Waals surface area contributed by atoms with Gasteiger partial charge in [0.05, 0.1) is 22.3 Å². The maximum Gasteiger partial charge on any atom is 0.412 e. The Morgan fingerprint density at radius 3 is 2.29 bits per heavy atom. The monoisotopic (exact) mass is 293 g/mol. The van der Waals surface area contributed by atoms with Gasteiger partial charge in [-0.05, 0) is 32.9 Å². The van der Waals surface area contributed by atoms with Crippen molar-refractivity contribution in [1.29, 1.82) is 0 Å². The van der Waals surface area contributed by atoms with Crippen LogP contribution in [0.2, 0.25) is 0 Å². The predicted octanol–water partition coefficient (Wildman–Crippen LogP) is 1.90. The second kappa shape index (κ2) is 4.97. The third-order valence-corrected chi connectivity index (χ3v) is 2.52. The number of aromatic amines is 2. The highest BCUT2D eigenvalue weighted by Crippen LogP contribution is 2.22. The van der Waals surface area contributed by atoms with Crippen molar-refractivity contribution < 1.29 is 19.4 Å². The van der Waals surface area contributed by atoms with Crippen molar-refractivity contribution in [3.05, 3.63) is 28.2 Å². The lowest BCUT2D eigenvalue weighted by Crippen LogP contribution is -2.27. The first-order chi connectivity index (χ1) is 9.65. The average molecular weight is 293 g/mol. The summed E-state index contributed by atoms with van der Waals surface area (Å²) < 4.78 is 5.07. The molecule has 0 bridgehead atoms. The lowest BCUT2D eigenvalue weighted by Gasteiger charge is -2.20. The minimum Gasteiger partial charge on any atom is -0.478 e. The van der Waals surface area contributed by atoms with E-state index < -0.39 is 23.4 Å². The molecule has 0 saturated heterocycles. The molecule has 1 amide bonds. The lowest BCUT2D eigenvalue weighted by molar-refractivity contribution is 0.0636. The average Bonchev–Trinajstić information content (AvgIpc) is 2.64. The standard InChI is InChI=1S/C13H15N3O5/c1-13(2,3)21-12(20)16-7-5-9-8(14-11(19)15-9)4-6(7)10(17)18/h4-5H,1-3H3,(H,16,20)(H,17,18)(H2,14,15,19). The fourth-order valence-electron chi connectivity index (χ4n) is 1.78. The van der Waals surface area contributed by atoms with Gasteiger partial charge in [-0.15, -0.1) is 0 Å². The van der Waals surface area contributed by atoms with Crippen molar-refractivity contribution in [1.82, 2.24) is 9.97 Å². The summed E-state index contributed by atoms with van der Waals surface area (Å²) in [5.41, 5.74) is -0.554. The van der Waals surface area contributed by atoms with Gasteiger partial charge in [-0.25, -0.2) is 14.4 Å². The SMILES string of the molecule is CC(C)(C)OC(=O)Nc1cc2[nH]c(=O)[nH]c2cc1C(=O)O. The number of fused-ring (bicyclic) bond motifs is 1. The predicted molar refractivity (Wildman–Crippen MR) is 75.7 cm³/mol. The number of rotatable bonds is 2. The van der Waals surface area contributed by atoms with Gasteiger partial charge in [-0.2, -0.15) is 0 Å². The van der Waals surface area contributed by atoms with E-state index in [2.05, 4.69) is 15.3 Å². The molecule has 0 radical (unpaired) electrons. The van der Waals surface area contributed by atoms with Crippen LogP contribution >= 0.6 is 0 Å². The first-order valence-corrected chi connectivity index (χ1v) is 6.15. The van der Waals surface area contributed by atoms with Crippen LogP contribution in [0.5, 0.6) is 0 Å². The molecule has 0 aliphatic rings. The number of carbonyl (C=O) groups excluding carboxylic acids is 1. The van der Waals surface area contributed by atoms with E-state index in [1.807, 2.05) is 0 Å². The van der Waals surface area contributed by atoms with Crippen LogP contribution in [0.1, 0.15) is 31.1 Å². The molecule has 0 aliphatic heterocycles. The minimum atomic E-state index is -1.23. The van der Waals surface area contributed by atoms with Crippen molar-refractivity contribution >= 4 is 28.8 Å². The van der Waals surface area contributed by atoms with E-state index in [4.69, 9.17) is 4.74 Å². The number of hydrogen-bond acceptors (Lipinski definition) is 4. The number of aromatic nitrogens is 2. The van der Waals surface area contributed by atoms with Crippen molar-refractivity contribution in [3.8, 4) is 0 Å². The number of benzene rings is 1. The molecule has 0 saturated carbocycles. The number of H-pyrrole nitrogens is 2. The van der Waals surface area contributed by atoms with E-state index in [9.17, 15) is 19.5 Å². The van der Waals surface area contributed by atoms with E-state index >= 15 is 0 Å². The number of carbonyl (C=O) groups is 2. The number of nitrogens with one attached hydrogen (secondary N) is 3. The third-order valence-electron chi connectivity index (χ3n) is 2.52. The highest BCUT2D eigenvalue weighted by molar-refractivity contribution is 6.02. The molecule has 0 atom stereocenters. The fraction of sp³-hybridized carbons (Fsp3) is 0.308. The number of carboxylic acids is 1. The molecule has 21 heavy (non-hydrogen) atoms. The normalized spacial score (nSPS) is 11.4. The molecule has 1 aromatic heterocycles. The molecule has 8 heteroatoms. The zero-order valence-corrected chi connectivity index (χ0v) is 11.7. The number of anilines is 1. The molecular formula is C13H15N3O5. The van der Waals surface area contributed by atoms with E-state index in [1.165, 1.54) is 12.1 Å². The second-order valence-corrected chi connectivity index (χ2v) is 5.45. The van der Waals surface area contributed by atoms with Crippen molar-refractivity contribution in [2.24, 2.45) is 0 Å². The fourth-order valence-corrected chi connectivity index (χ4v) is 1.78. The zero-order chi connectivity index (χ0) is 15.8. The maximum absolute atomic E-state index is 11.7. The third kappa shape index (κ3) is 3.41. The number of carboxylic acid groups (broad SMARTS) is 1. The molecule has 0 aliphatic carbocycles. The topological polar surface area (TPSA) is 124 Å². The van der Waals surface area contributed by atoms with Crippen molar-refractivity contribution in [2.45, 2.75) is 26.4 Å². The lowest BCUT2D eigenvalue weighted by atomic mass is 10.1. The van der Waals surface area contributed by atoms with E-state index in [1.54, 1.807) is 20.8 Å². The van der Waals surface area contributed by atoms with Crippen LogP contribution in [0.15, 0.2) is 16.9 Å². The quantitative estimate of drug-likeness (QED) is 0.673. The Morgan fingerprint density at radius 2 is 1.76 bits per heavy atom. The molecule has 112 valence electrons. The van der Waals surface area contributed by atoms with E-state index in [0.717, 1.165) is 0 Å². The summed E-state index contributed by atoms with van der Waals surface area (Å²) in [6, 6.07) is 2.63. The van der Waals surface area contributed by atoms with Gasteiger partial charge in [0.1, 0.15) is 5.60 Å². The number of ether oxygens (including phenoxy) is 1. The number of amides is 1. The summed E-state index contributed by atoms with van der Waals surface area (Å²) in [5.74, 6) is -1.23. The number of imidazole rings is 1. The summed E-state index contributed by atoms with van der Waals surface area (Å²) in [7, 11) is 0. The zero-order valence-electron chi connectivity index (χ0n) is 11.7. The van der Waals surface area contributed by atoms with Crippen LogP contribution in [0.3, 0.4) is 0 Å². The highest BCUT2D eigenvalue weighted by Gasteiger charge is 2.19. The molecule has 0 fully saturated rings. The van der Waals surface area contributed by atoms with Crippen molar-refractivity contribution in [2.75, 3.05) is 5.32 Å². The van der Waals surface area contributed by atoms with Crippen LogP contribution in [-0.2, 0) is 4.74 Å². The van der Waals surface area contributed by atoms with Gasteiger partial charge in [-0.1, -0.05) is 0 Å². The molecule has 4 N–H and O–H groups in total. The number of hydrogen-bond donors (Lipinski definition) is 4. The van der Waals surface area contributed by atoms with Gasteiger partial charge >= 0.3 is 17.8 Å². The second-order valence-electron chi connectivity index (χ2n) is 5.45. The van der Waals surface area contributed by atoms with E-state index in [0.29, 0.717) is 11.0 Å². The van der Waals surface area contributed by atoms with Crippen molar-refractivity contribution in [3.63, 3.8) is 0 Å². The largest absolute Gasteiger partial charge is 0.478 e. The smallest absolute Gasteiger partial charge is 0.412 e. The van der Waals surface area contributed by atoms with Gasteiger partial charge in [0.15, 0.2) is 0 Å². The summed E-state index contributed by atoms with van der Waals surface area (Å²) in [4.78, 5) is 39.1.